The molecule has 8 nitrogen and oxygen atoms in total. The van der Waals surface area contributed by atoms with E-state index in [4.69, 9.17) is 34.2 Å². The maximum Gasteiger partial charge on any atom is 0.255 e. The van der Waals surface area contributed by atoms with Crippen LogP contribution in [-0.4, -0.2) is 43.5 Å². The second-order valence-electron chi connectivity index (χ2n) is 15.7. The predicted octanol–water partition coefficient (Wildman–Crippen LogP) is 10.4. The van der Waals surface area contributed by atoms with Crippen molar-refractivity contribution in [1.82, 2.24) is 0 Å². The predicted molar refractivity (Wildman–Crippen MR) is 246 cm³/mol. The number of hydrogen-bond donors (Lipinski definition) is 1. The van der Waals surface area contributed by atoms with Gasteiger partial charge < -0.3 is 34.2 Å². The highest BCUT2D eigenvalue weighted by molar-refractivity contribution is 7.10. The van der Waals surface area contributed by atoms with Crippen molar-refractivity contribution in [1.29, 1.82) is 0 Å². The summed E-state index contributed by atoms with van der Waals surface area (Å²) in [5.41, 5.74) is 12.8. The molecule has 1 aliphatic heterocycles. The number of primary amides is 1. The molecule has 6 aromatic carbocycles. The molecule has 0 saturated carbocycles. The van der Waals surface area contributed by atoms with Crippen molar-refractivity contribution in [3.05, 3.63) is 231 Å². The molecule has 1 aromatic heterocycles. The highest BCUT2D eigenvalue weighted by Crippen LogP contribution is 2.44. The minimum atomic E-state index is -0.764. The molecule has 1 saturated heterocycles. The van der Waals surface area contributed by atoms with E-state index in [0.29, 0.717) is 31.1 Å². The molecule has 63 heavy (non-hydrogen) atoms. The van der Waals surface area contributed by atoms with Gasteiger partial charge in [-0.3, -0.25) is 4.79 Å². The number of amides is 1. The molecule has 1 aliphatic rings. The van der Waals surface area contributed by atoms with Crippen molar-refractivity contribution in [3.63, 3.8) is 0 Å². The summed E-state index contributed by atoms with van der Waals surface area (Å²) in [5, 5.41) is 2.11. The number of rotatable bonds is 21. The Balaban J connectivity index is 1.24. The van der Waals surface area contributed by atoms with E-state index in [1.807, 2.05) is 133 Å². The van der Waals surface area contributed by atoms with Gasteiger partial charge in [0.1, 0.15) is 36.3 Å². The monoisotopic (exact) mass is 859 g/mol. The minimum absolute atomic E-state index is 0.0145. The Bertz CT molecular complexity index is 2400. The SMILES string of the molecule is NC(=O)COc1ccc(C(Cc2ccccc2)c2cccs2)cc1[C@@H]1O[C@H](COCc2ccccc2)[C@@H](OCc2ccccc2)[C@H](OCc2ccccc2)[C@H]1OCc1ccccc1. The first-order valence-corrected chi connectivity index (χ1v) is 22.3. The van der Waals surface area contributed by atoms with Gasteiger partial charge in [-0.2, -0.15) is 0 Å². The Morgan fingerprint density at radius 2 is 1.08 bits per heavy atom. The maximum atomic E-state index is 12.3. The summed E-state index contributed by atoms with van der Waals surface area (Å²) in [6, 6.07) is 61.3. The molecule has 1 amide bonds. The summed E-state index contributed by atoms with van der Waals surface area (Å²) in [6.45, 7) is 1.16. The summed E-state index contributed by atoms with van der Waals surface area (Å²) in [4.78, 5) is 13.5. The molecule has 0 bridgehead atoms. The first kappa shape index (κ1) is 43.7. The van der Waals surface area contributed by atoms with E-state index in [2.05, 4.69) is 53.9 Å². The van der Waals surface area contributed by atoms with Crippen molar-refractivity contribution in [2.24, 2.45) is 5.73 Å². The molecule has 2 heterocycles. The number of ether oxygens (including phenoxy) is 6. The van der Waals surface area contributed by atoms with Crippen LogP contribution in [0.2, 0.25) is 0 Å². The Morgan fingerprint density at radius 1 is 0.571 bits per heavy atom. The van der Waals surface area contributed by atoms with Crippen LogP contribution in [-0.2, 0) is 61.3 Å². The third-order valence-corrected chi connectivity index (χ3v) is 12.2. The summed E-state index contributed by atoms with van der Waals surface area (Å²) in [5.74, 6) is -0.103. The van der Waals surface area contributed by atoms with Crippen LogP contribution in [0.5, 0.6) is 5.75 Å². The summed E-state index contributed by atoms with van der Waals surface area (Å²) in [6.07, 6.45) is -2.62. The minimum Gasteiger partial charge on any atom is -0.483 e. The molecule has 8 rings (SSSR count). The van der Waals surface area contributed by atoms with Gasteiger partial charge in [0.2, 0.25) is 0 Å². The average molecular weight is 860 g/mol. The number of benzene rings is 6. The molecule has 1 fully saturated rings. The summed E-state index contributed by atoms with van der Waals surface area (Å²) >= 11 is 1.73. The third kappa shape index (κ3) is 12.2. The first-order valence-electron chi connectivity index (χ1n) is 21.4. The molecule has 6 atom stereocenters. The molecule has 0 radical (unpaired) electrons. The number of thiophene rings is 1. The van der Waals surface area contributed by atoms with Crippen molar-refractivity contribution < 1.29 is 33.2 Å². The fourth-order valence-electron chi connectivity index (χ4n) is 8.05. The van der Waals surface area contributed by atoms with Crippen LogP contribution >= 0.6 is 11.3 Å². The Morgan fingerprint density at radius 3 is 1.60 bits per heavy atom. The number of carbonyl (C=O) groups is 1. The summed E-state index contributed by atoms with van der Waals surface area (Å²) < 4.78 is 41.2. The van der Waals surface area contributed by atoms with Crippen LogP contribution in [0.4, 0.5) is 0 Å². The highest BCUT2D eigenvalue weighted by atomic mass is 32.1. The number of nitrogens with two attached hydrogens (primary N) is 1. The Hall–Kier alpha value is -5.91. The van der Waals surface area contributed by atoms with Crippen LogP contribution in [0.1, 0.15) is 55.8 Å². The van der Waals surface area contributed by atoms with Crippen LogP contribution < -0.4 is 10.5 Å². The molecule has 322 valence electrons. The zero-order valence-electron chi connectivity index (χ0n) is 35.2. The zero-order valence-corrected chi connectivity index (χ0v) is 36.0. The third-order valence-electron chi connectivity index (χ3n) is 11.2. The second-order valence-corrected chi connectivity index (χ2v) is 16.7. The van der Waals surface area contributed by atoms with E-state index in [-0.39, 0.29) is 25.7 Å². The fraction of sp³-hybridized carbons (Fsp3) is 0.241. The fourth-order valence-corrected chi connectivity index (χ4v) is 8.90. The van der Waals surface area contributed by atoms with E-state index in [1.165, 1.54) is 10.4 Å². The van der Waals surface area contributed by atoms with Crippen LogP contribution in [0.15, 0.2) is 187 Å². The van der Waals surface area contributed by atoms with E-state index in [0.717, 1.165) is 34.2 Å². The van der Waals surface area contributed by atoms with E-state index in [1.54, 1.807) is 11.3 Å². The number of carbonyl (C=O) groups excluding carboxylic acids is 1. The standard InChI is InChI=1S/C54H53NO7S/c55-50(56)38-58-47-29-28-44(45(49-27-16-30-63-49)31-39-17-6-1-7-18-39)32-46(47)51-53(60-35-42-23-12-4-13-24-42)54(61-36-43-25-14-5-15-26-43)52(59-34-41-21-10-3-11-22-41)48(62-51)37-57-33-40-19-8-2-9-20-40/h1-30,32,45,48,51-54H,31,33-38H2,(H2,55,56)/t45?,48-,51+,52-,53+,54+/m1/s1. The van der Waals surface area contributed by atoms with Gasteiger partial charge in [0.25, 0.3) is 5.91 Å². The van der Waals surface area contributed by atoms with Gasteiger partial charge in [0.05, 0.1) is 33.0 Å². The maximum absolute atomic E-state index is 12.3. The van der Waals surface area contributed by atoms with Crippen molar-refractivity contribution in [2.45, 2.75) is 69.3 Å². The zero-order chi connectivity index (χ0) is 43.1. The topological polar surface area (TPSA) is 98.5 Å². The van der Waals surface area contributed by atoms with E-state index < -0.39 is 36.4 Å². The van der Waals surface area contributed by atoms with Crippen molar-refractivity contribution >= 4 is 17.2 Å². The van der Waals surface area contributed by atoms with Gasteiger partial charge in [-0.1, -0.05) is 164 Å². The van der Waals surface area contributed by atoms with Gasteiger partial charge in [0, 0.05) is 16.4 Å². The van der Waals surface area contributed by atoms with E-state index in [9.17, 15) is 4.79 Å². The largest absolute Gasteiger partial charge is 0.483 e. The lowest BCUT2D eigenvalue weighted by atomic mass is 9.85. The first-order chi connectivity index (χ1) is 31.1. The molecule has 7 aromatic rings. The summed E-state index contributed by atoms with van der Waals surface area (Å²) in [7, 11) is 0. The van der Waals surface area contributed by atoms with Crippen molar-refractivity contribution in [3.8, 4) is 5.75 Å². The van der Waals surface area contributed by atoms with Gasteiger partial charge in [-0.05, 0) is 63.4 Å². The van der Waals surface area contributed by atoms with Gasteiger partial charge in [-0.25, -0.2) is 0 Å². The molecular formula is C54H53NO7S. The Labute approximate surface area is 374 Å². The van der Waals surface area contributed by atoms with E-state index >= 15 is 0 Å². The van der Waals surface area contributed by atoms with Crippen LogP contribution in [0.25, 0.3) is 0 Å². The van der Waals surface area contributed by atoms with Gasteiger partial charge in [0.15, 0.2) is 6.61 Å². The van der Waals surface area contributed by atoms with Gasteiger partial charge in [-0.15, -0.1) is 11.3 Å². The molecule has 0 spiro atoms. The lowest BCUT2D eigenvalue weighted by Crippen LogP contribution is -2.58. The lowest BCUT2D eigenvalue weighted by Gasteiger charge is -2.46. The highest BCUT2D eigenvalue weighted by Gasteiger charge is 2.50. The molecule has 2 N–H and O–H groups in total. The van der Waals surface area contributed by atoms with Crippen molar-refractivity contribution in [2.75, 3.05) is 13.2 Å². The smallest absolute Gasteiger partial charge is 0.255 e. The normalized spacial score (nSPS) is 19.0. The quantitative estimate of drug-likeness (QED) is 0.0768. The van der Waals surface area contributed by atoms with Crippen LogP contribution in [0.3, 0.4) is 0 Å². The molecule has 0 aliphatic carbocycles. The Kier molecular flexibility index (Phi) is 15.6. The second kappa shape index (κ2) is 22.4. The average Bonchev–Trinajstić information content (AvgIpc) is 3.88. The molecular weight excluding hydrogens is 807 g/mol. The lowest BCUT2D eigenvalue weighted by molar-refractivity contribution is -0.275. The molecule has 1 unspecified atom stereocenters. The van der Waals surface area contributed by atoms with Crippen LogP contribution in [0, 0.1) is 0 Å². The van der Waals surface area contributed by atoms with Gasteiger partial charge >= 0.3 is 0 Å². The number of hydrogen-bond acceptors (Lipinski definition) is 8. The molecule has 9 heteroatoms.